The number of ether oxygens (including phenoxy) is 1. The molecule has 0 bridgehead atoms. The predicted molar refractivity (Wildman–Crippen MR) is 91.1 cm³/mol. The summed E-state index contributed by atoms with van der Waals surface area (Å²) in [6.07, 6.45) is 0. The Hall–Kier alpha value is -1.06. The van der Waals surface area contributed by atoms with Crippen LogP contribution in [0.25, 0.3) is 0 Å². The molecule has 0 unspecified atom stereocenters. The molecule has 0 radical (unpaired) electrons. The molecule has 0 amide bonds. The zero-order chi connectivity index (χ0) is 15.9. The molecule has 0 atom stereocenters. The quantitative estimate of drug-likeness (QED) is 0.792. The predicted octanol–water partition coefficient (Wildman–Crippen LogP) is 3.60. The smallest absolute Gasteiger partial charge is 0.126 e. The van der Waals surface area contributed by atoms with Crippen LogP contribution in [0.1, 0.15) is 45.7 Å². The molecule has 1 N–H and O–H groups in total. The summed E-state index contributed by atoms with van der Waals surface area (Å²) >= 11 is 0. The first kappa shape index (κ1) is 18.0. The Kier molecular flexibility index (Phi) is 7.20. The molecule has 0 saturated heterocycles. The Morgan fingerprint density at radius 1 is 1.14 bits per heavy atom. The fourth-order valence-electron chi connectivity index (χ4n) is 2.24. The highest BCUT2D eigenvalue weighted by Gasteiger charge is 2.12. The zero-order valence-corrected chi connectivity index (χ0v) is 14.6. The number of benzene rings is 1. The Labute approximate surface area is 130 Å². The van der Waals surface area contributed by atoms with Crippen LogP contribution in [0.3, 0.4) is 0 Å². The van der Waals surface area contributed by atoms with Crippen LogP contribution in [-0.2, 0) is 6.54 Å². The molecular formula is C18H32N2O. The van der Waals surface area contributed by atoms with Gasteiger partial charge < -0.3 is 15.0 Å². The maximum absolute atomic E-state index is 6.09. The van der Waals surface area contributed by atoms with E-state index >= 15 is 0 Å². The lowest BCUT2D eigenvalue weighted by molar-refractivity contribution is 0.220. The summed E-state index contributed by atoms with van der Waals surface area (Å²) in [4.78, 5) is 2.38. The fraction of sp³-hybridized carbons (Fsp3) is 0.667. The Morgan fingerprint density at radius 2 is 1.81 bits per heavy atom. The lowest BCUT2D eigenvalue weighted by Gasteiger charge is -2.23. The maximum atomic E-state index is 6.09. The summed E-state index contributed by atoms with van der Waals surface area (Å²) in [6, 6.07) is 6.37. The van der Waals surface area contributed by atoms with Crippen molar-refractivity contribution in [3.63, 3.8) is 0 Å². The molecule has 0 aliphatic rings. The van der Waals surface area contributed by atoms with Gasteiger partial charge in [0, 0.05) is 24.2 Å². The van der Waals surface area contributed by atoms with Crippen LogP contribution in [0.4, 0.5) is 0 Å². The highest BCUT2D eigenvalue weighted by molar-refractivity contribution is 5.40. The monoisotopic (exact) mass is 292 g/mol. The topological polar surface area (TPSA) is 24.5 Å². The highest BCUT2D eigenvalue weighted by Crippen LogP contribution is 2.24. The summed E-state index contributed by atoms with van der Waals surface area (Å²) in [5, 5.41) is 3.54. The van der Waals surface area contributed by atoms with E-state index in [2.05, 4.69) is 70.0 Å². The van der Waals surface area contributed by atoms with Crippen LogP contribution in [0, 0.1) is 6.92 Å². The zero-order valence-electron chi connectivity index (χ0n) is 14.6. The minimum atomic E-state index is 0.113. The number of likely N-dealkylation sites (N-methyl/N-ethyl adjacent to an activating group) is 1. The van der Waals surface area contributed by atoms with Crippen LogP contribution in [0.2, 0.25) is 0 Å². The molecule has 21 heavy (non-hydrogen) atoms. The summed E-state index contributed by atoms with van der Waals surface area (Å²) in [5.41, 5.74) is 2.56. The van der Waals surface area contributed by atoms with Crippen molar-refractivity contribution in [2.24, 2.45) is 0 Å². The molecule has 0 aliphatic heterocycles. The van der Waals surface area contributed by atoms with Gasteiger partial charge >= 0.3 is 0 Å². The fourth-order valence-corrected chi connectivity index (χ4v) is 2.24. The maximum Gasteiger partial charge on any atom is 0.126 e. The normalized spacial score (nSPS) is 12.0. The first-order chi connectivity index (χ1) is 9.87. The molecule has 0 aromatic heterocycles. The van der Waals surface area contributed by atoms with Crippen LogP contribution >= 0.6 is 0 Å². The van der Waals surface area contributed by atoms with Gasteiger partial charge in [-0.05, 0) is 46.3 Å². The summed E-state index contributed by atoms with van der Waals surface area (Å²) in [6.45, 7) is 17.8. The standard InChI is InChI=1S/C18H32N2O/c1-7-20(8-2)12-13-21-17-15(3)10-9-11-16(17)14-19-18(4,5)6/h9-11,19H,7-8,12-14H2,1-6H3. The van der Waals surface area contributed by atoms with Crippen molar-refractivity contribution in [3.05, 3.63) is 29.3 Å². The van der Waals surface area contributed by atoms with Gasteiger partial charge in [0.1, 0.15) is 12.4 Å². The second-order valence-electron chi connectivity index (χ2n) is 6.54. The van der Waals surface area contributed by atoms with Crippen molar-refractivity contribution < 1.29 is 4.74 Å². The molecule has 0 fully saturated rings. The molecule has 0 saturated carbocycles. The SMILES string of the molecule is CCN(CC)CCOc1c(C)cccc1CNC(C)(C)C. The van der Waals surface area contributed by atoms with E-state index in [4.69, 9.17) is 4.74 Å². The van der Waals surface area contributed by atoms with E-state index in [1.165, 1.54) is 11.1 Å². The summed E-state index contributed by atoms with van der Waals surface area (Å²) in [5.74, 6) is 1.04. The summed E-state index contributed by atoms with van der Waals surface area (Å²) < 4.78 is 6.09. The van der Waals surface area contributed by atoms with Gasteiger partial charge in [0.15, 0.2) is 0 Å². The van der Waals surface area contributed by atoms with E-state index in [9.17, 15) is 0 Å². The van der Waals surface area contributed by atoms with Crippen LogP contribution in [0.5, 0.6) is 5.75 Å². The minimum Gasteiger partial charge on any atom is -0.492 e. The largest absolute Gasteiger partial charge is 0.492 e. The average Bonchev–Trinajstić information content (AvgIpc) is 2.42. The van der Waals surface area contributed by atoms with Crippen molar-refractivity contribution in [2.75, 3.05) is 26.2 Å². The van der Waals surface area contributed by atoms with Crippen molar-refractivity contribution in [2.45, 2.75) is 53.6 Å². The van der Waals surface area contributed by atoms with Crippen molar-refractivity contribution in [1.29, 1.82) is 0 Å². The molecule has 0 spiro atoms. The number of rotatable bonds is 8. The third kappa shape index (κ3) is 6.49. The number of hydrogen-bond donors (Lipinski definition) is 1. The molecule has 0 aliphatic carbocycles. The van der Waals surface area contributed by atoms with E-state index in [0.717, 1.165) is 38.5 Å². The van der Waals surface area contributed by atoms with Crippen LogP contribution < -0.4 is 10.1 Å². The van der Waals surface area contributed by atoms with Crippen molar-refractivity contribution in [3.8, 4) is 5.75 Å². The first-order valence-corrected chi connectivity index (χ1v) is 8.06. The van der Waals surface area contributed by atoms with Gasteiger partial charge in [-0.1, -0.05) is 32.0 Å². The molecule has 0 heterocycles. The second kappa shape index (κ2) is 8.40. The molecule has 120 valence electrons. The van der Waals surface area contributed by atoms with Gasteiger partial charge in [-0.15, -0.1) is 0 Å². The molecule has 1 aromatic carbocycles. The van der Waals surface area contributed by atoms with E-state index in [0.29, 0.717) is 0 Å². The number of para-hydroxylation sites is 1. The molecular weight excluding hydrogens is 260 g/mol. The summed E-state index contributed by atoms with van der Waals surface area (Å²) in [7, 11) is 0. The Bertz CT molecular complexity index is 420. The van der Waals surface area contributed by atoms with Crippen LogP contribution in [0.15, 0.2) is 18.2 Å². The Morgan fingerprint density at radius 3 is 2.38 bits per heavy atom. The third-order valence-corrected chi connectivity index (χ3v) is 3.65. The Balaban J connectivity index is 2.67. The number of aryl methyl sites for hydroxylation is 1. The van der Waals surface area contributed by atoms with Crippen molar-refractivity contribution in [1.82, 2.24) is 10.2 Å². The van der Waals surface area contributed by atoms with E-state index in [-0.39, 0.29) is 5.54 Å². The molecule has 1 rings (SSSR count). The number of nitrogens with zero attached hydrogens (tertiary/aromatic N) is 1. The van der Waals surface area contributed by atoms with Crippen molar-refractivity contribution >= 4 is 0 Å². The molecule has 3 nitrogen and oxygen atoms in total. The number of hydrogen-bond acceptors (Lipinski definition) is 3. The van der Waals surface area contributed by atoms with Gasteiger partial charge in [-0.25, -0.2) is 0 Å². The molecule has 3 heteroatoms. The van der Waals surface area contributed by atoms with Crippen LogP contribution in [-0.4, -0.2) is 36.7 Å². The van der Waals surface area contributed by atoms with Gasteiger partial charge in [0.05, 0.1) is 0 Å². The van der Waals surface area contributed by atoms with Gasteiger partial charge in [-0.3, -0.25) is 0 Å². The van der Waals surface area contributed by atoms with E-state index < -0.39 is 0 Å². The van der Waals surface area contributed by atoms with Gasteiger partial charge in [-0.2, -0.15) is 0 Å². The lowest BCUT2D eigenvalue weighted by Crippen LogP contribution is -2.35. The first-order valence-electron chi connectivity index (χ1n) is 8.06. The third-order valence-electron chi connectivity index (χ3n) is 3.65. The number of nitrogens with one attached hydrogen (secondary N) is 1. The van der Waals surface area contributed by atoms with E-state index in [1.807, 2.05) is 0 Å². The highest BCUT2D eigenvalue weighted by atomic mass is 16.5. The second-order valence-corrected chi connectivity index (χ2v) is 6.54. The average molecular weight is 292 g/mol. The lowest BCUT2D eigenvalue weighted by atomic mass is 10.1. The minimum absolute atomic E-state index is 0.113. The van der Waals surface area contributed by atoms with Gasteiger partial charge in [0.2, 0.25) is 0 Å². The van der Waals surface area contributed by atoms with E-state index in [1.54, 1.807) is 0 Å². The van der Waals surface area contributed by atoms with Gasteiger partial charge in [0.25, 0.3) is 0 Å². The molecule has 1 aromatic rings.